The van der Waals surface area contributed by atoms with E-state index in [4.69, 9.17) is 5.26 Å². The summed E-state index contributed by atoms with van der Waals surface area (Å²) in [5.41, 5.74) is -1.94. The molecule has 0 unspecified atom stereocenters. The van der Waals surface area contributed by atoms with Gasteiger partial charge in [0.1, 0.15) is 11.6 Å². The zero-order valence-electron chi connectivity index (χ0n) is 11.4. The highest BCUT2D eigenvalue weighted by Crippen LogP contribution is 2.35. The molecule has 1 aromatic carbocycles. The molecule has 1 aromatic heterocycles. The number of halogens is 5. The summed E-state index contributed by atoms with van der Waals surface area (Å²) in [7, 11) is 0. The Bertz CT molecular complexity index is 865. The van der Waals surface area contributed by atoms with Crippen molar-refractivity contribution < 1.29 is 26.7 Å². The van der Waals surface area contributed by atoms with E-state index >= 15 is 0 Å². The van der Waals surface area contributed by atoms with Gasteiger partial charge in [0, 0.05) is 16.8 Å². The van der Waals surface area contributed by atoms with Crippen molar-refractivity contribution >= 4 is 0 Å². The first-order valence-corrected chi connectivity index (χ1v) is 6.02. The predicted octanol–water partition coefficient (Wildman–Crippen LogP) is 3.40. The lowest BCUT2D eigenvalue weighted by Gasteiger charge is -2.13. The van der Waals surface area contributed by atoms with Gasteiger partial charge in [-0.25, -0.2) is 8.78 Å². The molecule has 9 heteroatoms. The van der Waals surface area contributed by atoms with Crippen LogP contribution in [0.25, 0.3) is 11.1 Å². The number of hydrogen-bond acceptors (Lipinski definition) is 3. The van der Waals surface area contributed by atoms with Gasteiger partial charge < -0.3 is 9.72 Å². The second-order valence-corrected chi connectivity index (χ2v) is 4.47. The van der Waals surface area contributed by atoms with Crippen LogP contribution < -0.4 is 10.3 Å². The molecule has 0 saturated heterocycles. The van der Waals surface area contributed by atoms with Crippen LogP contribution in [0.3, 0.4) is 0 Å². The first-order chi connectivity index (χ1) is 10.6. The number of pyridine rings is 1. The highest BCUT2D eigenvalue weighted by atomic mass is 19.4. The van der Waals surface area contributed by atoms with Crippen molar-refractivity contribution in [2.75, 3.05) is 0 Å². The number of rotatable bonds is 2. The average Bonchev–Trinajstić information content (AvgIpc) is 2.42. The molecule has 0 bridgehead atoms. The van der Waals surface area contributed by atoms with E-state index in [-0.39, 0.29) is 11.3 Å². The molecule has 0 saturated carbocycles. The molecular formula is C14H7F5N2O2. The Hall–Kier alpha value is -2.89. The summed E-state index contributed by atoms with van der Waals surface area (Å²) >= 11 is 0. The van der Waals surface area contributed by atoms with E-state index in [2.05, 4.69) is 9.72 Å². The Kier molecular flexibility index (Phi) is 4.10. The van der Waals surface area contributed by atoms with Gasteiger partial charge in [-0.2, -0.15) is 5.26 Å². The molecule has 1 N–H and O–H groups in total. The van der Waals surface area contributed by atoms with E-state index in [0.29, 0.717) is 6.07 Å². The number of nitrogens with one attached hydrogen (secondary N) is 1. The second-order valence-electron chi connectivity index (χ2n) is 4.47. The summed E-state index contributed by atoms with van der Waals surface area (Å²) in [6.07, 6.45) is -5.30. The third-order valence-corrected chi connectivity index (χ3v) is 2.84. The van der Waals surface area contributed by atoms with E-state index in [1.165, 1.54) is 19.1 Å². The summed E-state index contributed by atoms with van der Waals surface area (Å²) in [5, 5.41) is 8.97. The normalized spacial score (nSPS) is 11.2. The Labute approximate surface area is 125 Å². The number of nitriles is 1. The Balaban J connectivity index is 2.75. The Morgan fingerprint density at radius 1 is 1.22 bits per heavy atom. The number of alkyl halides is 3. The minimum Gasteiger partial charge on any atom is -0.399 e. The van der Waals surface area contributed by atoms with Gasteiger partial charge in [-0.3, -0.25) is 4.79 Å². The Morgan fingerprint density at radius 2 is 1.87 bits per heavy atom. The number of H-pyrrole nitrogens is 1. The van der Waals surface area contributed by atoms with Gasteiger partial charge in [0.25, 0.3) is 5.56 Å². The first-order valence-electron chi connectivity index (χ1n) is 6.02. The summed E-state index contributed by atoms with van der Waals surface area (Å²) in [6, 6.07) is 4.10. The van der Waals surface area contributed by atoms with Crippen LogP contribution in [-0.4, -0.2) is 11.3 Å². The first kappa shape index (κ1) is 16.5. The summed E-state index contributed by atoms with van der Waals surface area (Å²) in [4.78, 5) is 14.0. The molecule has 0 aliphatic rings. The van der Waals surface area contributed by atoms with Crippen molar-refractivity contribution in [1.29, 1.82) is 5.26 Å². The lowest BCUT2D eigenvalue weighted by atomic mass is 10.00. The predicted molar refractivity (Wildman–Crippen MR) is 68.5 cm³/mol. The van der Waals surface area contributed by atoms with Gasteiger partial charge in [-0.15, -0.1) is 13.2 Å². The monoisotopic (exact) mass is 330 g/mol. The van der Waals surface area contributed by atoms with Gasteiger partial charge >= 0.3 is 6.36 Å². The van der Waals surface area contributed by atoms with Crippen LogP contribution in [0.2, 0.25) is 0 Å². The summed E-state index contributed by atoms with van der Waals surface area (Å²) < 4.78 is 67.7. The fourth-order valence-corrected chi connectivity index (χ4v) is 1.96. The quantitative estimate of drug-likeness (QED) is 0.858. The van der Waals surface area contributed by atoms with E-state index in [9.17, 15) is 26.7 Å². The van der Waals surface area contributed by atoms with Crippen LogP contribution in [0.1, 0.15) is 11.3 Å². The van der Waals surface area contributed by atoms with Gasteiger partial charge in [0.2, 0.25) is 5.75 Å². The molecule has 0 spiro atoms. The highest BCUT2D eigenvalue weighted by molar-refractivity contribution is 5.72. The molecular weight excluding hydrogens is 323 g/mol. The SMILES string of the molecule is Cc1cc(-c2ccc(F)c(OC(F)(F)F)c2F)c(C#N)c(=O)[nH]1. The van der Waals surface area contributed by atoms with Crippen LogP contribution in [0.5, 0.6) is 5.75 Å². The van der Waals surface area contributed by atoms with Gasteiger partial charge in [0.05, 0.1) is 0 Å². The minimum absolute atomic E-state index is 0.242. The number of hydrogen-bond donors (Lipinski definition) is 1. The standard InChI is InChI=1S/C14H7F5N2O2/c1-6-4-8(9(5-20)13(22)21-6)7-2-3-10(15)12(11(7)16)23-14(17,18)19/h2-4H,1H3,(H,21,22). The van der Waals surface area contributed by atoms with Gasteiger partial charge in [-0.1, -0.05) is 0 Å². The summed E-state index contributed by atoms with van der Waals surface area (Å²) in [6.45, 7) is 1.43. The van der Waals surface area contributed by atoms with Crippen LogP contribution in [0.4, 0.5) is 22.0 Å². The van der Waals surface area contributed by atoms with Crippen molar-refractivity contribution in [3.05, 3.63) is 51.4 Å². The van der Waals surface area contributed by atoms with Gasteiger partial charge in [0.15, 0.2) is 11.6 Å². The lowest BCUT2D eigenvalue weighted by molar-refractivity contribution is -0.276. The van der Waals surface area contributed by atoms with E-state index in [0.717, 1.165) is 6.07 Å². The summed E-state index contributed by atoms with van der Waals surface area (Å²) in [5.74, 6) is -4.88. The zero-order chi connectivity index (χ0) is 17.4. The van der Waals surface area contributed by atoms with Crippen LogP contribution >= 0.6 is 0 Å². The number of nitrogens with zero attached hydrogens (tertiary/aromatic N) is 1. The molecule has 0 aliphatic heterocycles. The largest absolute Gasteiger partial charge is 0.573 e. The molecule has 0 aliphatic carbocycles. The molecule has 2 rings (SSSR count). The molecule has 0 amide bonds. The minimum atomic E-state index is -5.30. The lowest BCUT2D eigenvalue weighted by Crippen LogP contribution is -2.19. The maximum atomic E-state index is 14.2. The molecule has 0 radical (unpaired) electrons. The molecule has 4 nitrogen and oxygen atoms in total. The van der Waals surface area contributed by atoms with Crippen LogP contribution in [0.15, 0.2) is 23.0 Å². The maximum absolute atomic E-state index is 14.2. The number of benzene rings is 1. The molecule has 0 atom stereocenters. The van der Waals surface area contributed by atoms with Crippen molar-refractivity contribution in [3.63, 3.8) is 0 Å². The number of aryl methyl sites for hydroxylation is 1. The molecule has 120 valence electrons. The van der Waals surface area contributed by atoms with Crippen LogP contribution in [0, 0.1) is 29.9 Å². The topological polar surface area (TPSA) is 65.9 Å². The third kappa shape index (κ3) is 3.31. The maximum Gasteiger partial charge on any atom is 0.573 e. The number of aromatic amines is 1. The fraction of sp³-hybridized carbons (Fsp3) is 0.143. The van der Waals surface area contributed by atoms with E-state index in [1.54, 1.807) is 0 Å². The Morgan fingerprint density at radius 3 is 2.43 bits per heavy atom. The number of aromatic nitrogens is 1. The third-order valence-electron chi connectivity index (χ3n) is 2.84. The van der Waals surface area contributed by atoms with E-state index in [1.807, 2.05) is 0 Å². The number of ether oxygens (including phenoxy) is 1. The zero-order valence-corrected chi connectivity index (χ0v) is 11.4. The molecule has 2 aromatic rings. The van der Waals surface area contributed by atoms with Gasteiger partial charge in [-0.05, 0) is 25.1 Å². The van der Waals surface area contributed by atoms with Crippen LogP contribution in [-0.2, 0) is 0 Å². The fourth-order valence-electron chi connectivity index (χ4n) is 1.96. The average molecular weight is 330 g/mol. The van der Waals surface area contributed by atoms with E-state index < -0.39 is 40.4 Å². The molecule has 1 heterocycles. The smallest absolute Gasteiger partial charge is 0.399 e. The highest BCUT2D eigenvalue weighted by Gasteiger charge is 2.35. The molecule has 0 fully saturated rings. The van der Waals surface area contributed by atoms with Crippen molar-refractivity contribution in [3.8, 4) is 22.9 Å². The second kappa shape index (κ2) is 5.72. The van der Waals surface area contributed by atoms with Crippen molar-refractivity contribution in [2.45, 2.75) is 13.3 Å². The van der Waals surface area contributed by atoms with Crippen molar-refractivity contribution in [1.82, 2.24) is 4.98 Å². The molecule has 23 heavy (non-hydrogen) atoms. The van der Waals surface area contributed by atoms with Crippen molar-refractivity contribution in [2.24, 2.45) is 0 Å².